The summed E-state index contributed by atoms with van der Waals surface area (Å²) >= 11 is 0. The Morgan fingerprint density at radius 1 is 1.13 bits per heavy atom. The molecule has 0 amide bonds. The van der Waals surface area contributed by atoms with Crippen LogP contribution in [-0.4, -0.2) is 65.8 Å². The van der Waals surface area contributed by atoms with Crippen LogP contribution in [0.3, 0.4) is 0 Å². The maximum Gasteiger partial charge on any atom is 0.311 e. The van der Waals surface area contributed by atoms with Gasteiger partial charge in [-0.1, -0.05) is 55.8 Å². The number of esters is 1. The highest BCUT2D eigenvalue weighted by Gasteiger charge is 2.59. The van der Waals surface area contributed by atoms with E-state index in [9.17, 15) is 9.90 Å². The smallest absolute Gasteiger partial charge is 0.311 e. The normalized spacial score (nSPS) is 38.9. The summed E-state index contributed by atoms with van der Waals surface area (Å²) < 4.78 is 5.84. The van der Waals surface area contributed by atoms with E-state index in [1.165, 1.54) is 11.1 Å². The van der Waals surface area contributed by atoms with E-state index in [2.05, 4.69) is 60.1 Å². The Bertz CT molecular complexity index is 832. The molecule has 31 heavy (non-hydrogen) atoms. The van der Waals surface area contributed by atoms with Crippen molar-refractivity contribution in [2.45, 2.75) is 51.9 Å². The van der Waals surface area contributed by atoms with E-state index >= 15 is 0 Å². The zero-order valence-corrected chi connectivity index (χ0v) is 18.9. The molecular formula is C26H36N2O3. The molecule has 2 saturated heterocycles. The monoisotopic (exact) mass is 424 g/mol. The molecule has 1 N–H and O–H groups in total. The molecule has 5 nitrogen and oxygen atoms in total. The minimum atomic E-state index is -0.511. The highest BCUT2D eigenvalue weighted by molar-refractivity contribution is 5.76. The number of aliphatic hydroxyl groups excluding tert-OH is 1. The molecule has 3 fully saturated rings. The van der Waals surface area contributed by atoms with Crippen molar-refractivity contribution in [3.05, 3.63) is 47.5 Å². The second kappa shape index (κ2) is 8.34. The Morgan fingerprint density at radius 2 is 1.84 bits per heavy atom. The molecule has 6 atom stereocenters. The van der Waals surface area contributed by atoms with Gasteiger partial charge in [0.25, 0.3) is 0 Å². The van der Waals surface area contributed by atoms with Crippen LogP contribution in [0.5, 0.6) is 0 Å². The van der Waals surface area contributed by atoms with Crippen LogP contribution in [0, 0.1) is 23.2 Å². The third kappa shape index (κ3) is 3.75. The summed E-state index contributed by atoms with van der Waals surface area (Å²) in [5.74, 6) is 0.0309. The molecule has 2 aliphatic carbocycles. The predicted octanol–water partition coefficient (Wildman–Crippen LogP) is 3.09. The van der Waals surface area contributed by atoms with E-state index in [1.54, 1.807) is 0 Å². The van der Waals surface area contributed by atoms with Gasteiger partial charge in [0.2, 0.25) is 0 Å². The molecule has 4 aliphatic rings. The van der Waals surface area contributed by atoms with Gasteiger partial charge in [0.15, 0.2) is 0 Å². The summed E-state index contributed by atoms with van der Waals surface area (Å²) in [4.78, 5) is 17.8. The van der Waals surface area contributed by atoms with Gasteiger partial charge >= 0.3 is 5.97 Å². The second-order valence-corrected chi connectivity index (χ2v) is 10.4. The molecular weight excluding hydrogens is 388 g/mol. The van der Waals surface area contributed by atoms with Crippen LogP contribution in [0.25, 0.3) is 0 Å². The molecule has 0 aromatic heterocycles. The van der Waals surface area contributed by atoms with E-state index in [0.717, 1.165) is 52.0 Å². The maximum absolute atomic E-state index is 12.9. The minimum absolute atomic E-state index is 0.0856. The van der Waals surface area contributed by atoms with Crippen molar-refractivity contribution in [1.82, 2.24) is 9.80 Å². The Kier molecular flexibility index (Phi) is 5.70. The minimum Gasteiger partial charge on any atom is -0.461 e. The zero-order chi connectivity index (χ0) is 21.6. The lowest BCUT2D eigenvalue weighted by molar-refractivity contribution is -0.145. The zero-order valence-electron chi connectivity index (χ0n) is 18.9. The number of carbonyl (C=O) groups excluding carboxylic acids is 1. The fraction of sp³-hybridized carbons (Fsp3) is 0.654. The standard InChI is InChI=1S/C26H36N2O3/c1-18-7-6-10-20-15-22-23(24(29)26(18,20)2)21(25(30)31-22)17-28-13-11-27(12-14-28)16-19-8-4-3-5-9-19/h3-5,8-10,18,21-24,29H,6-7,11-17H2,1-2H3/t18-,21+,22+,23-,24+,26+/m0/s1. The SMILES string of the molecule is C[C@H]1CCC=C2C[C@H]3OC(=O)[C@H](CN4CCN(Cc5ccccc5)CC4)[C@@H]3[C@@H](O)[C@@]21C. The molecule has 1 aromatic rings. The summed E-state index contributed by atoms with van der Waals surface area (Å²) in [5.41, 5.74) is 2.44. The molecule has 168 valence electrons. The maximum atomic E-state index is 12.9. The van der Waals surface area contributed by atoms with Crippen molar-refractivity contribution in [2.75, 3.05) is 32.7 Å². The number of fused-ring (bicyclic) bond motifs is 2. The van der Waals surface area contributed by atoms with Crippen LogP contribution >= 0.6 is 0 Å². The van der Waals surface area contributed by atoms with E-state index in [4.69, 9.17) is 4.74 Å². The van der Waals surface area contributed by atoms with Crippen molar-refractivity contribution in [2.24, 2.45) is 23.2 Å². The number of piperazine rings is 1. The molecule has 1 saturated carbocycles. The molecule has 5 heteroatoms. The van der Waals surface area contributed by atoms with Gasteiger partial charge in [0, 0.05) is 57.0 Å². The van der Waals surface area contributed by atoms with Crippen LogP contribution in [0.15, 0.2) is 42.0 Å². The van der Waals surface area contributed by atoms with E-state index in [1.807, 2.05) is 0 Å². The number of rotatable bonds is 4. The van der Waals surface area contributed by atoms with Gasteiger partial charge in [-0.3, -0.25) is 14.6 Å². The molecule has 0 spiro atoms. The number of hydrogen-bond donors (Lipinski definition) is 1. The third-order valence-electron chi connectivity index (χ3n) is 8.74. The van der Waals surface area contributed by atoms with Gasteiger partial charge in [-0.15, -0.1) is 0 Å². The lowest BCUT2D eigenvalue weighted by Gasteiger charge is -2.52. The number of carbonyl (C=O) groups is 1. The third-order valence-corrected chi connectivity index (χ3v) is 8.74. The van der Waals surface area contributed by atoms with E-state index in [0.29, 0.717) is 12.5 Å². The van der Waals surface area contributed by atoms with Crippen LogP contribution < -0.4 is 0 Å². The van der Waals surface area contributed by atoms with Crippen LogP contribution in [0.2, 0.25) is 0 Å². The lowest BCUT2D eigenvalue weighted by Crippen LogP contribution is -2.55. The van der Waals surface area contributed by atoms with Gasteiger partial charge in [0.05, 0.1) is 12.0 Å². The number of ether oxygens (including phenoxy) is 1. The average molecular weight is 425 g/mol. The molecule has 5 rings (SSSR count). The first-order valence-electron chi connectivity index (χ1n) is 12.0. The number of hydrogen-bond acceptors (Lipinski definition) is 5. The van der Waals surface area contributed by atoms with Gasteiger partial charge in [-0.05, 0) is 24.3 Å². The van der Waals surface area contributed by atoms with Gasteiger partial charge in [-0.2, -0.15) is 0 Å². The number of aliphatic hydroxyl groups is 1. The summed E-state index contributed by atoms with van der Waals surface area (Å²) in [7, 11) is 0. The Morgan fingerprint density at radius 3 is 2.58 bits per heavy atom. The van der Waals surface area contributed by atoms with Gasteiger partial charge < -0.3 is 9.84 Å². The Hall–Kier alpha value is -1.69. The van der Waals surface area contributed by atoms with Crippen molar-refractivity contribution in [1.29, 1.82) is 0 Å². The van der Waals surface area contributed by atoms with Gasteiger partial charge in [-0.25, -0.2) is 0 Å². The van der Waals surface area contributed by atoms with Crippen molar-refractivity contribution in [3.8, 4) is 0 Å². The molecule has 1 aromatic carbocycles. The van der Waals surface area contributed by atoms with Crippen molar-refractivity contribution >= 4 is 5.97 Å². The molecule has 0 unspecified atom stereocenters. The summed E-state index contributed by atoms with van der Waals surface area (Å²) in [5, 5.41) is 11.5. The predicted molar refractivity (Wildman–Crippen MR) is 120 cm³/mol. The highest BCUT2D eigenvalue weighted by atomic mass is 16.6. The van der Waals surface area contributed by atoms with Gasteiger partial charge in [0.1, 0.15) is 6.10 Å². The Balaban J connectivity index is 1.24. The van der Waals surface area contributed by atoms with Crippen LogP contribution in [0.1, 0.15) is 38.7 Å². The molecule has 2 heterocycles. The average Bonchev–Trinajstić information content (AvgIpc) is 3.07. The first kappa shape index (κ1) is 21.2. The molecule has 2 aliphatic heterocycles. The topological polar surface area (TPSA) is 53.0 Å². The first-order valence-corrected chi connectivity index (χ1v) is 12.0. The van der Waals surface area contributed by atoms with E-state index in [-0.39, 0.29) is 29.3 Å². The summed E-state index contributed by atoms with van der Waals surface area (Å²) in [6.07, 6.45) is 4.61. The molecule has 0 radical (unpaired) electrons. The quantitative estimate of drug-likeness (QED) is 0.595. The summed E-state index contributed by atoms with van der Waals surface area (Å²) in [6, 6.07) is 10.6. The molecule has 0 bridgehead atoms. The number of allylic oxidation sites excluding steroid dienone is 1. The van der Waals surface area contributed by atoms with Crippen molar-refractivity contribution < 1.29 is 14.6 Å². The largest absolute Gasteiger partial charge is 0.461 e. The number of nitrogens with zero attached hydrogens (tertiary/aromatic N) is 2. The first-order chi connectivity index (χ1) is 15.0. The Labute approximate surface area is 186 Å². The number of benzene rings is 1. The van der Waals surface area contributed by atoms with Crippen LogP contribution in [0.4, 0.5) is 0 Å². The second-order valence-electron chi connectivity index (χ2n) is 10.4. The summed E-state index contributed by atoms with van der Waals surface area (Å²) in [6.45, 7) is 10.1. The van der Waals surface area contributed by atoms with E-state index < -0.39 is 6.10 Å². The van der Waals surface area contributed by atoms with Crippen molar-refractivity contribution in [3.63, 3.8) is 0 Å². The highest BCUT2D eigenvalue weighted by Crippen LogP contribution is 2.56. The fourth-order valence-corrected chi connectivity index (χ4v) is 6.52. The van der Waals surface area contributed by atoms with Crippen LogP contribution in [-0.2, 0) is 16.1 Å². The fourth-order valence-electron chi connectivity index (χ4n) is 6.52. The lowest BCUT2D eigenvalue weighted by atomic mass is 9.55.